The van der Waals surface area contributed by atoms with Gasteiger partial charge in [0.1, 0.15) is 5.82 Å². The predicted octanol–water partition coefficient (Wildman–Crippen LogP) is 2.78. The number of hydrogen-bond donors (Lipinski definition) is 1. The zero-order valence-electron chi connectivity index (χ0n) is 11.7. The van der Waals surface area contributed by atoms with Gasteiger partial charge in [-0.3, -0.25) is 4.68 Å². The fourth-order valence-electron chi connectivity index (χ4n) is 2.70. The third kappa shape index (κ3) is 1.56. The lowest BCUT2D eigenvalue weighted by Gasteiger charge is -2.00. The Balaban J connectivity index is 2.43. The molecule has 3 rings (SSSR count). The molecule has 4 heteroatoms. The highest BCUT2D eigenvalue weighted by atomic mass is 15.3. The molecule has 0 unspecified atom stereocenters. The largest absolute Gasteiger partial charge is 0.384 e. The van der Waals surface area contributed by atoms with Crippen LogP contribution in [0.5, 0.6) is 0 Å². The van der Waals surface area contributed by atoms with Gasteiger partial charge in [0.05, 0.1) is 5.69 Å². The summed E-state index contributed by atoms with van der Waals surface area (Å²) in [7, 11) is 3.96. The highest BCUT2D eigenvalue weighted by molar-refractivity contribution is 5.99. The first kappa shape index (κ1) is 11.8. The molecule has 0 spiro atoms. The van der Waals surface area contributed by atoms with Crippen LogP contribution in [0.2, 0.25) is 0 Å². The number of nitrogens with zero attached hydrogens (tertiary/aromatic N) is 3. The minimum atomic E-state index is 0.681. The Morgan fingerprint density at radius 3 is 2.53 bits per heavy atom. The van der Waals surface area contributed by atoms with E-state index >= 15 is 0 Å². The van der Waals surface area contributed by atoms with Crippen molar-refractivity contribution in [2.45, 2.75) is 13.8 Å². The summed E-state index contributed by atoms with van der Waals surface area (Å²) in [4.78, 5) is 0. The van der Waals surface area contributed by atoms with Crippen molar-refractivity contribution >= 4 is 16.7 Å². The second-order valence-electron chi connectivity index (χ2n) is 5.07. The minimum Gasteiger partial charge on any atom is -0.384 e. The van der Waals surface area contributed by atoms with Crippen molar-refractivity contribution in [1.82, 2.24) is 14.3 Å². The minimum absolute atomic E-state index is 0.681. The molecular weight excluding hydrogens is 236 g/mol. The standard InChI is InChI=1S/C15H18N4/c1-9-6-5-7-12-14(9)15(10(2)18(12)3)11-8-13(16)19(4)17-11/h5-8H,16H2,1-4H3. The van der Waals surface area contributed by atoms with Gasteiger partial charge in [-0.2, -0.15) is 5.10 Å². The van der Waals surface area contributed by atoms with Gasteiger partial charge in [0, 0.05) is 42.3 Å². The monoisotopic (exact) mass is 254 g/mol. The number of benzene rings is 1. The highest BCUT2D eigenvalue weighted by Gasteiger charge is 2.17. The molecule has 98 valence electrons. The maximum atomic E-state index is 5.91. The highest BCUT2D eigenvalue weighted by Crippen LogP contribution is 2.35. The summed E-state index contributed by atoms with van der Waals surface area (Å²) in [6.07, 6.45) is 0. The van der Waals surface area contributed by atoms with Crippen molar-refractivity contribution in [2.75, 3.05) is 5.73 Å². The summed E-state index contributed by atoms with van der Waals surface area (Å²) in [5.74, 6) is 0.681. The van der Waals surface area contributed by atoms with Crippen molar-refractivity contribution < 1.29 is 0 Å². The number of hydrogen-bond acceptors (Lipinski definition) is 2. The Bertz CT molecular complexity index is 758. The summed E-state index contributed by atoms with van der Waals surface area (Å²) in [5.41, 5.74) is 11.7. The fraction of sp³-hybridized carbons (Fsp3) is 0.267. The Morgan fingerprint density at radius 2 is 1.89 bits per heavy atom. The van der Waals surface area contributed by atoms with Crippen LogP contribution in [0.3, 0.4) is 0 Å². The number of rotatable bonds is 1. The summed E-state index contributed by atoms with van der Waals surface area (Å²) >= 11 is 0. The van der Waals surface area contributed by atoms with Gasteiger partial charge in [0.15, 0.2) is 0 Å². The summed E-state index contributed by atoms with van der Waals surface area (Å²) in [5, 5.41) is 5.79. The van der Waals surface area contributed by atoms with Gasteiger partial charge in [-0.1, -0.05) is 12.1 Å². The number of aryl methyl sites for hydroxylation is 3. The van der Waals surface area contributed by atoms with E-state index in [1.54, 1.807) is 4.68 Å². The maximum Gasteiger partial charge on any atom is 0.121 e. The lowest BCUT2D eigenvalue weighted by molar-refractivity contribution is 0.782. The second-order valence-corrected chi connectivity index (χ2v) is 5.07. The number of aromatic nitrogens is 3. The average molecular weight is 254 g/mol. The summed E-state index contributed by atoms with van der Waals surface area (Å²) in [6.45, 7) is 4.26. The van der Waals surface area contributed by atoms with Crippen LogP contribution in [-0.4, -0.2) is 14.3 Å². The second kappa shape index (κ2) is 3.88. The molecule has 0 bridgehead atoms. The van der Waals surface area contributed by atoms with Crippen molar-refractivity contribution in [1.29, 1.82) is 0 Å². The first-order chi connectivity index (χ1) is 9.00. The van der Waals surface area contributed by atoms with Crippen molar-refractivity contribution in [3.8, 4) is 11.3 Å². The van der Waals surface area contributed by atoms with Crippen LogP contribution in [0.1, 0.15) is 11.3 Å². The number of nitrogen functional groups attached to an aromatic ring is 1. The van der Waals surface area contributed by atoms with Crippen LogP contribution >= 0.6 is 0 Å². The molecule has 0 aliphatic carbocycles. The van der Waals surface area contributed by atoms with Crippen LogP contribution in [0.15, 0.2) is 24.3 Å². The lowest BCUT2D eigenvalue weighted by atomic mass is 10.0. The molecule has 0 aliphatic rings. The van der Waals surface area contributed by atoms with E-state index in [4.69, 9.17) is 5.73 Å². The van der Waals surface area contributed by atoms with E-state index in [-0.39, 0.29) is 0 Å². The molecule has 3 aromatic rings. The van der Waals surface area contributed by atoms with E-state index in [9.17, 15) is 0 Å². The summed E-state index contributed by atoms with van der Waals surface area (Å²) in [6, 6.07) is 8.31. The van der Waals surface area contributed by atoms with Gasteiger partial charge < -0.3 is 10.3 Å². The van der Waals surface area contributed by atoms with E-state index in [1.807, 2.05) is 13.1 Å². The molecule has 2 aromatic heterocycles. The smallest absolute Gasteiger partial charge is 0.121 e. The number of nitrogens with two attached hydrogens (primary N) is 1. The molecule has 0 fully saturated rings. The Hall–Kier alpha value is -2.23. The SMILES string of the molecule is Cc1cccc2c1c(-c1cc(N)n(C)n1)c(C)n2C. The zero-order chi connectivity index (χ0) is 13.7. The quantitative estimate of drug-likeness (QED) is 0.726. The van der Waals surface area contributed by atoms with Crippen LogP contribution in [-0.2, 0) is 14.1 Å². The van der Waals surface area contributed by atoms with Crippen molar-refractivity contribution in [2.24, 2.45) is 14.1 Å². The van der Waals surface area contributed by atoms with E-state index in [1.165, 1.54) is 27.7 Å². The van der Waals surface area contributed by atoms with Gasteiger partial charge >= 0.3 is 0 Å². The molecular formula is C15H18N4. The molecule has 1 aromatic carbocycles. The van der Waals surface area contributed by atoms with Crippen LogP contribution in [0.4, 0.5) is 5.82 Å². The fourth-order valence-corrected chi connectivity index (χ4v) is 2.70. The molecule has 0 aliphatic heterocycles. The maximum absolute atomic E-state index is 5.91. The molecule has 0 atom stereocenters. The van der Waals surface area contributed by atoms with Crippen LogP contribution in [0, 0.1) is 13.8 Å². The predicted molar refractivity (Wildman–Crippen MR) is 79.0 cm³/mol. The molecule has 0 saturated carbocycles. The Labute approximate surface area is 112 Å². The van der Waals surface area contributed by atoms with E-state index in [2.05, 4.69) is 48.8 Å². The van der Waals surface area contributed by atoms with Crippen molar-refractivity contribution in [3.63, 3.8) is 0 Å². The topological polar surface area (TPSA) is 48.8 Å². The third-order valence-corrected chi connectivity index (χ3v) is 3.90. The van der Waals surface area contributed by atoms with Crippen LogP contribution in [0.25, 0.3) is 22.2 Å². The molecule has 0 amide bonds. The van der Waals surface area contributed by atoms with Gasteiger partial charge in [0.2, 0.25) is 0 Å². The Kier molecular flexibility index (Phi) is 2.42. The average Bonchev–Trinajstić information content (AvgIpc) is 2.82. The number of fused-ring (bicyclic) bond motifs is 1. The van der Waals surface area contributed by atoms with E-state index in [0.717, 1.165) is 5.69 Å². The molecule has 2 heterocycles. The van der Waals surface area contributed by atoms with Gasteiger partial charge in [-0.25, -0.2) is 0 Å². The normalized spacial score (nSPS) is 11.4. The van der Waals surface area contributed by atoms with Gasteiger partial charge in [0.25, 0.3) is 0 Å². The summed E-state index contributed by atoms with van der Waals surface area (Å²) < 4.78 is 3.93. The van der Waals surface area contributed by atoms with E-state index in [0.29, 0.717) is 5.82 Å². The third-order valence-electron chi connectivity index (χ3n) is 3.90. The molecule has 4 nitrogen and oxygen atoms in total. The van der Waals surface area contributed by atoms with Crippen molar-refractivity contribution in [3.05, 3.63) is 35.5 Å². The van der Waals surface area contributed by atoms with E-state index < -0.39 is 0 Å². The first-order valence-electron chi connectivity index (χ1n) is 6.35. The molecule has 0 radical (unpaired) electrons. The Morgan fingerprint density at radius 1 is 1.16 bits per heavy atom. The molecule has 2 N–H and O–H groups in total. The molecule has 19 heavy (non-hydrogen) atoms. The lowest BCUT2D eigenvalue weighted by Crippen LogP contribution is -1.96. The van der Waals surface area contributed by atoms with Gasteiger partial charge in [-0.15, -0.1) is 0 Å². The number of anilines is 1. The zero-order valence-corrected chi connectivity index (χ0v) is 11.7. The van der Waals surface area contributed by atoms with Gasteiger partial charge in [-0.05, 0) is 25.5 Å². The molecule has 0 saturated heterocycles. The van der Waals surface area contributed by atoms with Crippen LogP contribution < -0.4 is 5.73 Å². The first-order valence-corrected chi connectivity index (χ1v) is 6.35.